The van der Waals surface area contributed by atoms with Crippen LogP contribution < -0.4 is 0 Å². The zero-order valence-corrected chi connectivity index (χ0v) is 11.8. The normalized spacial score (nSPS) is 44.9. The molecule has 5 unspecified atom stereocenters. The Morgan fingerprint density at radius 2 is 2.22 bits per heavy atom. The van der Waals surface area contributed by atoms with Gasteiger partial charge in [-0.3, -0.25) is 4.79 Å². The van der Waals surface area contributed by atoms with Gasteiger partial charge in [-0.1, -0.05) is 37.6 Å². The second-order valence-electron chi connectivity index (χ2n) is 6.24. The summed E-state index contributed by atoms with van der Waals surface area (Å²) in [6.07, 6.45) is 7.27. The molecule has 0 saturated heterocycles. The summed E-state index contributed by atoms with van der Waals surface area (Å²) in [7, 11) is 0. The van der Waals surface area contributed by atoms with Crippen LogP contribution in [0.3, 0.4) is 0 Å². The van der Waals surface area contributed by atoms with Gasteiger partial charge in [-0.05, 0) is 38.0 Å². The second-order valence-corrected chi connectivity index (χ2v) is 6.24. The predicted octanol–water partition coefficient (Wildman–Crippen LogP) is 3.12. The Hall–Kier alpha value is -0.890. The van der Waals surface area contributed by atoms with Gasteiger partial charge in [0.15, 0.2) is 5.78 Å². The fraction of sp³-hybridized carbons (Fsp3) is 0.688. The molecule has 100 valence electrons. The maximum Gasteiger partial charge on any atom is 0.169 e. The molecule has 0 aromatic carbocycles. The van der Waals surface area contributed by atoms with Crippen LogP contribution in [0.5, 0.6) is 0 Å². The Kier molecular flexibility index (Phi) is 3.50. The minimum atomic E-state index is -0.825. The van der Waals surface area contributed by atoms with E-state index in [9.17, 15) is 9.90 Å². The predicted molar refractivity (Wildman–Crippen MR) is 73.1 cm³/mol. The quantitative estimate of drug-likeness (QED) is 0.724. The molecule has 0 heterocycles. The van der Waals surface area contributed by atoms with E-state index < -0.39 is 6.10 Å². The number of aliphatic hydroxyl groups excluding tert-OH is 1. The van der Waals surface area contributed by atoms with Crippen LogP contribution in [-0.2, 0) is 4.79 Å². The van der Waals surface area contributed by atoms with E-state index in [4.69, 9.17) is 0 Å². The molecule has 1 fully saturated rings. The van der Waals surface area contributed by atoms with E-state index >= 15 is 0 Å². The third kappa shape index (κ3) is 1.87. The van der Waals surface area contributed by atoms with Crippen molar-refractivity contribution in [1.82, 2.24) is 0 Å². The lowest BCUT2D eigenvalue weighted by Gasteiger charge is -2.50. The lowest BCUT2D eigenvalue weighted by atomic mass is 9.54. The highest BCUT2D eigenvalue weighted by molar-refractivity contribution is 5.89. The van der Waals surface area contributed by atoms with Gasteiger partial charge < -0.3 is 5.11 Å². The number of carbonyl (C=O) groups is 1. The number of Topliss-reactive ketones (excluding diaryl/α,β-unsaturated/α-hetero) is 1. The zero-order chi connectivity index (χ0) is 13.5. The van der Waals surface area contributed by atoms with E-state index in [-0.39, 0.29) is 23.0 Å². The summed E-state index contributed by atoms with van der Waals surface area (Å²) < 4.78 is 0. The molecule has 2 rings (SSSR count). The summed E-state index contributed by atoms with van der Waals surface area (Å²) in [6.45, 7) is 8.44. The maximum atomic E-state index is 12.4. The number of aliphatic hydroxyl groups is 1. The van der Waals surface area contributed by atoms with Crippen molar-refractivity contribution >= 4 is 5.78 Å². The van der Waals surface area contributed by atoms with Crippen LogP contribution in [0.4, 0.5) is 0 Å². The largest absolute Gasteiger partial charge is 0.385 e. The van der Waals surface area contributed by atoms with Crippen LogP contribution in [0, 0.1) is 23.2 Å². The van der Waals surface area contributed by atoms with Gasteiger partial charge >= 0.3 is 0 Å². The number of carbonyl (C=O) groups excluding carboxylic acids is 1. The molecule has 0 amide bonds. The van der Waals surface area contributed by atoms with E-state index in [0.29, 0.717) is 5.92 Å². The van der Waals surface area contributed by atoms with E-state index in [1.165, 1.54) is 0 Å². The SMILES string of the molecule is C/C=C(\C)C1CC2(C)C(C)CC=CC2C(=O)C1O. The van der Waals surface area contributed by atoms with Crippen molar-refractivity contribution in [3.8, 4) is 0 Å². The summed E-state index contributed by atoms with van der Waals surface area (Å²) in [5, 5.41) is 10.3. The standard InChI is InChI=1S/C16H24O2/c1-5-10(2)12-9-16(4)11(3)7-6-8-13(16)15(18)14(12)17/h5-6,8,11-14,17H,7,9H2,1-4H3/b10-5+. The van der Waals surface area contributed by atoms with E-state index in [1.54, 1.807) is 0 Å². The molecule has 0 aromatic rings. The summed E-state index contributed by atoms with van der Waals surface area (Å²) in [6, 6.07) is 0. The number of fused-ring (bicyclic) bond motifs is 1. The molecular formula is C16H24O2. The number of hydrogen-bond donors (Lipinski definition) is 1. The van der Waals surface area contributed by atoms with E-state index in [1.807, 2.05) is 26.0 Å². The Bertz CT molecular complexity index is 407. The minimum Gasteiger partial charge on any atom is -0.385 e. The summed E-state index contributed by atoms with van der Waals surface area (Å²) in [5.74, 6) is 0.406. The highest BCUT2D eigenvalue weighted by Crippen LogP contribution is 2.52. The van der Waals surface area contributed by atoms with Crippen LogP contribution in [0.15, 0.2) is 23.8 Å². The summed E-state index contributed by atoms with van der Waals surface area (Å²) in [5.41, 5.74) is 1.14. The molecule has 0 radical (unpaired) electrons. The molecule has 18 heavy (non-hydrogen) atoms. The molecule has 2 heteroatoms. The maximum absolute atomic E-state index is 12.4. The van der Waals surface area contributed by atoms with Crippen molar-refractivity contribution in [3.05, 3.63) is 23.8 Å². The van der Waals surface area contributed by atoms with E-state index in [2.05, 4.69) is 19.9 Å². The average molecular weight is 248 g/mol. The summed E-state index contributed by atoms with van der Waals surface area (Å²) >= 11 is 0. The molecule has 0 aromatic heterocycles. The third-order valence-corrected chi connectivity index (χ3v) is 5.33. The van der Waals surface area contributed by atoms with Crippen LogP contribution >= 0.6 is 0 Å². The molecule has 1 N–H and O–H groups in total. The van der Waals surface area contributed by atoms with Gasteiger partial charge in [-0.15, -0.1) is 0 Å². The molecule has 0 aliphatic heterocycles. The van der Waals surface area contributed by atoms with Gasteiger partial charge in [0.05, 0.1) is 0 Å². The Labute approximate surface area is 110 Å². The van der Waals surface area contributed by atoms with Crippen LogP contribution in [0.25, 0.3) is 0 Å². The number of allylic oxidation sites excluding steroid dienone is 3. The van der Waals surface area contributed by atoms with Crippen LogP contribution in [0.1, 0.15) is 40.5 Å². The topological polar surface area (TPSA) is 37.3 Å². The molecule has 1 saturated carbocycles. The Morgan fingerprint density at radius 3 is 2.83 bits per heavy atom. The molecular weight excluding hydrogens is 224 g/mol. The second kappa shape index (κ2) is 4.65. The fourth-order valence-electron chi connectivity index (χ4n) is 3.55. The lowest BCUT2D eigenvalue weighted by Crippen LogP contribution is -2.52. The zero-order valence-electron chi connectivity index (χ0n) is 11.8. The van der Waals surface area contributed by atoms with Gasteiger partial charge in [-0.25, -0.2) is 0 Å². The van der Waals surface area contributed by atoms with Crippen LogP contribution in [-0.4, -0.2) is 17.0 Å². The van der Waals surface area contributed by atoms with Gasteiger partial charge in [0.2, 0.25) is 0 Å². The highest BCUT2D eigenvalue weighted by atomic mass is 16.3. The first-order chi connectivity index (χ1) is 8.41. The Balaban J connectivity index is 2.39. The van der Waals surface area contributed by atoms with Gasteiger partial charge in [0.1, 0.15) is 6.10 Å². The van der Waals surface area contributed by atoms with Gasteiger partial charge in [0, 0.05) is 11.8 Å². The molecule has 0 spiro atoms. The molecule has 5 atom stereocenters. The highest BCUT2D eigenvalue weighted by Gasteiger charge is 2.52. The monoisotopic (exact) mass is 248 g/mol. The van der Waals surface area contributed by atoms with Crippen molar-refractivity contribution < 1.29 is 9.90 Å². The number of ketones is 1. The van der Waals surface area contributed by atoms with Crippen molar-refractivity contribution in [2.45, 2.75) is 46.6 Å². The average Bonchev–Trinajstić information content (AvgIpc) is 2.35. The third-order valence-electron chi connectivity index (χ3n) is 5.33. The number of rotatable bonds is 1. The van der Waals surface area contributed by atoms with Crippen molar-refractivity contribution in [3.63, 3.8) is 0 Å². The molecule has 0 bridgehead atoms. The minimum absolute atomic E-state index is 0.000000000000000222. The molecule has 2 aliphatic rings. The molecule has 2 nitrogen and oxygen atoms in total. The van der Waals surface area contributed by atoms with E-state index in [0.717, 1.165) is 18.4 Å². The number of hydrogen-bond acceptors (Lipinski definition) is 2. The summed E-state index contributed by atoms with van der Waals surface area (Å²) in [4.78, 5) is 12.4. The van der Waals surface area contributed by atoms with Crippen molar-refractivity contribution in [2.24, 2.45) is 23.2 Å². The lowest BCUT2D eigenvalue weighted by molar-refractivity contribution is -0.145. The van der Waals surface area contributed by atoms with Gasteiger partial charge in [0.25, 0.3) is 0 Å². The fourth-order valence-corrected chi connectivity index (χ4v) is 3.55. The smallest absolute Gasteiger partial charge is 0.169 e. The van der Waals surface area contributed by atoms with Crippen LogP contribution in [0.2, 0.25) is 0 Å². The Morgan fingerprint density at radius 1 is 1.56 bits per heavy atom. The molecule has 2 aliphatic carbocycles. The first-order valence-electron chi connectivity index (χ1n) is 6.93. The first kappa shape index (κ1) is 13.5. The first-order valence-corrected chi connectivity index (χ1v) is 6.93. The van der Waals surface area contributed by atoms with Gasteiger partial charge in [-0.2, -0.15) is 0 Å². The van der Waals surface area contributed by atoms with Crippen molar-refractivity contribution in [2.75, 3.05) is 0 Å². The van der Waals surface area contributed by atoms with Crippen molar-refractivity contribution in [1.29, 1.82) is 0 Å².